The highest BCUT2D eigenvalue weighted by Crippen LogP contribution is 2.28. The van der Waals surface area contributed by atoms with Gasteiger partial charge in [-0.05, 0) is 49.9 Å². The number of nitrogens with one attached hydrogen (secondary N) is 4. The van der Waals surface area contributed by atoms with Gasteiger partial charge in [0.15, 0.2) is 22.9 Å². The zero-order valence-electron chi connectivity index (χ0n) is 15.9. The Labute approximate surface area is 167 Å². The molecule has 0 saturated carbocycles. The Morgan fingerprint density at radius 3 is 2.75 bits per heavy atom. The highest BCUT2D eigenvalue weighted by molar-refractivity contribution is 8.02. The lowest BCUT2D eigenvalue weighted by Crippen LogP contribution is -3.07. The van der Waals surface area contributed by atoms with Crippen LogP contribution >= 0.6 is 11.8 Å². The van der Waals surface area contributed by atoms with Crippen molar-refractivity contribution in [2.45, 2.75) is 25.7 Å². The number of hydrazine groups is 1. The summed E-state index contributed by atoms with van der Waals surface area (Å²) in [6, 6.07) is 9.79. The number of fused-ring (bicyclic) bond motifs is 1. The van der Waals surface area contributed by atoms with Crippen molar-refractivity contribution in [1.82, 2.24) is 15.2 Å². The number of thioether (sulfide) groups is 1. The number of quaternary nitrogens is 1. The molecule has 0 fully saturated rings. The Kier molecular flexibility index (Phi) is 4.93. The maximum absolute atomic E-state index is 11.2. The number of allylic oxidation sites excluding steroid dienone is 1. The number of nitrogens with zero attached hydrogens (tertiary/aromatic N) is 3. The lowest BCUT2D eigenvalue weighted by molar-refractivity contribution is -0.700. The van der Waals surface area contributed by atoms with Gasteiger partial charge in [0.2, 0.25) is 5.91 Å². The van der Waals surface area contributed by atoms with E-state index in [2.05, 4.69) is 32.1 Å². The normalized spacial score (nSPS) is 18.2. The summed E-state index contributed by atoms with van der Waals surface area (Å²) in [7, 11) is 0. The third-order valence-electron chi connectivity index (χ3n) is 4.38. The van der Waals surface area contributed by atoms with Gasteiger partial charge in [0.1, 0.15) is 12.2 Å². The zero-order chi connectivity index (χ0) is 19.7. The molecule has 1 atom stereocenters. The minimum absolute atomic E-state index is 0.0753. The summed E-state index contributed by atoms with van der Waals surface area (Å²) >= 11 is 1.67. The van der Waals surface area contributed by atoms with Gasteiger partial charge in [0.25, 0.3) is 0 Å². The van der Waals surface area contributed by atoms with E-state index >= 15 is 0 Å². The number of aromatic amines is 1. The van der Waals surface area contributed by atoms with Gasteiger partial charge in [-0.1, -0.05) is 0 Å². The standard InChI is InChI=1S/C19H21N7OS/c1-12-8-18(23-22-12)24-25-9-17-13(2)20-11-26(17)19(10-25)28-16-6-4-15(5-7-16)21-14(3)27/h4-8,10-11H,9H2,1-3H3,(H,21,27)(H2,22,23,24)/p+1. The Morgan fingerprint density at radius 1 is 1.29 bits per heavy atom. The molecule has 1 amide bonds. The predicted molar refractivity (Wildman–Crippen MR) is 110 cm³/mol. The average Bonchev–Trinajstić information content (AvgIpc) is 3.22. The first kappa shape index (κ1) is 18.3. The van der Waals surface area contributed by atoms with Crippen molar-refractivity contribution in [1.29, 1.82) is 0 Å². The quantitative estimate of drug-likeness (QED) is 0.621. The number of H-pyrrole nitrogens is 1. The molecular weight excluding hydrogens is 374 g/mol. The van der Waals surface area contributed by atoms with Crippen LogP contribution in [0.2, 0.25) is 0 Å². The summed E-state index contributed by atoms with van der Waals surface area (Å²) in [5, 5.41) is 13.1. The SMILES string of the molecule is CC(=O)Nc1ccc(SC2=CN(Nc3cc(C)[nH]n3)CC3=C(C)N=C[NH+]23)cc1. The molecule has 0 saturated heterocycles. The topological polar surface area (TPSA) is 89.9 Å². The molecule has 0 aliphatic carbocycles. The molecule has 1 aromatic carbocycles. The molecule has 1 unspecified atom stereocenters. The van der Waals surface area contributed by atoms with Gasteiger partial charge in [0, 0.05) is 29.3 Å². The lowest BCUT2D eigenvalue weighted by atomic mass is 10.3. The van der Waals surface area contributed by atoms with Crippen LogP contribution in [0.15, 0.2) is 62.8 Å². The predicted octanol–water partition coefficient (Wildman–Crippen LogP) is 2.07. The van der Waals surface area contributed by atoms with E-state index in [1.54, 1.807) is 11.8 Å². The highest BCUT2D eigenvalue weighted by Gasteiger charge is 2.33. The van der Waals surface area contributed by atoms with Gasteiger partial charge in [-0.2, -0.15) is 5.10 Å². The summed E-state index contributed by atoms with van der Waals surface area (Å²) in [4.78, 5) is 17.9. The fourth-order valence-electron chi connectivity index (χ4n) is 3.06. The number of hydrogen-bond donors (Lipinski definition) is 4. The smallest absolute Gasteiger partial charge is 0.221 e. The van der Waals surface area contributed by atoms with Crippen LogP contribution in [0.4, 0.5) is 11.5 Å². The molecule has 0 bridgehead atoms. The number of carbonyl (C=O) groups is 1. The van der Waals surface area contributed by atoms with Crippen LogP contribution in [-0.2, 0) is 4.79 Å². The largest absolute Gasteiger partial charge is 0.326 e. The molecule has 9 heteroatoms. The van der Waals surface area contributed by atoms with E-state index in [0.717, 1.165) is 44.3 Å². The molecule has 3 heterocycles. The van der Waals surface area contributed by atoms with E-state index in [9.17, 15) is 4.79 Å². The van der Waals surface area contributed by atoms with E-state index in [-0.39, 0.29) is 5.91 Å². The monoisotopic (exact) mass is 396 g/mol. The number of rotatable bonds is 5. The highest BCUT2D eigenvalue weighted by atomic mass is 32.2. The molecule has 4 rings (SSSR count). The molecule has 1 aromatic heterocycles. The first-order valence-electron chi connectivity index (χ1n) is 8.92. The molecule has 0 spiro atoms. The number of aryl methyl sites for hydroxylation is 1. The maximum Gasteiger partial charge on any atom is 0.221 e. The van der Waals surface area contributed by atoms with Crippen LogP contribution in [0.1, 0.15) is 19.5 Å². The number of aliphatic imine (C=N–C) groups is 1. The van der Waals surface area contributed by atoms with Crippen molar-refractivity contribution in [3.05, 3.63) is 58.6 Å². The second-order valence-electron chi connectivity index (χ2n) is 6.71. The van der Waals surface area contributed by atoms with E-state index in [1.807, 2.05) is 55.5 Å². The van der Waals surface area contributed by atoms with Crippen molar-refractivity contribution < 1.29 is 9.69 Å². The number of amides is 1. The molecule has 2 aromatic rings. The van der Waals surface area contributed by atoms with Crippen molar-refractivity contribution >= 4 is 35.5 Å². The van der Waals surface area contributed by atoms with Gasteiger partial charge in [-0.3, -0.25) is 20.3 Å². The Morgan fingerprint density at radius 2 is 2.07 bits per heavy atom. The molecule has 4 N–H and O–H groups in total. The fraction of sp³-hybridized carbons (Fsp3) is 0.211. The summed E-state index contributed by atoms with van der Waals surface area (Å²) in [6.45, 7) is 6.23. The number of hydrogen-bond acceptors (Lipinski definition) is 6. The van der Waals surface area contributed by atoms with Gasteiger partial charge in [-0.15, -0.1) is 0 Å². The molecule has 28 heavy (non-hydrogen) atoms. The van der Waals surface area contributed by atoms with Crippen LogP contribution < -0.4 is 15.6 Å². The molecule has 2 aliphatic heterocycles. The third-order valence-corrected chi connectivity index (χ3v) is 5.44. The second kappa shape index (κ2) is 7.53. The van der Waals surface area contributed by atoms with E-state index in [0.29, 0.717) is 0 Å². The van der Waals surface area contributed by atoms with Crippen molar-refractivity contribution in [3.8, 4) is 0 Å². The summed E-state index contributed by atoms with van der Waals surface area (Å²) in [5.41, 5.74) is 7.37. The van der Waals surface area contributed by atoms with Gasteiger partial charge >= 0.3 is 0 Å². The van der Waals surface area contributed by atoms with Gasteiger partial charge in [-0.25, -0.2) is 9.89 Å². The average molecular weight is 397 g/mol. The van der Waals surface area contributed by atoms with Crippen LogP contribution in [0, 0.1) is 6.92 Å². The zero-order valence-corrected chi connectivity index (χ0v) is 16.7. The van der Waals surface area contributed by atoms with Crippen LogP contribution in [0.25, 0.3) is 0 Å². The molecule has 8 nitrogen and oxygen atoms in total. The summed E-state index contributed by atoms with van der Waals surface area (Å²) in [6.07, 6.45) is 4.02. The third kappa shape index (κ3) is 3.95. The minimum Gasteiger partial charge on any atom is -0.326 e. The first-order valence-corrected chi connectivity index (χ1v) is 9.74. The van der Waals surface area contributed by atoms with Crippen molar-refractivity contribution in [3.63, 3.8) is 0 Å². The van der Waals surface area contributed by atoms with E-state index < -0.39 is 0 Å². The Bertz CT molecular complexity index is 990. The van der Waals surface area contributed by atoms with Crippen LogP contribution in [-0.4, -0.2) is 34.0 Å². The number of aromatic nitrogens is 2. The van der Waals surface area contributed by atoms with Crippen LogP contribution in [0.5, 0.6) is 0 Å². The Hall–Kier alpha value is -3.04. The van der Waals surface area contributed by atoms with E-state index in [4.69, 9.17) is 0 Å². The minimum atomic E-state index is -0.0753. The molecular formula is C19H22N7OS+. The number of anilines is 2. The van der Waals surface area contributed by atoms with Crippen molar-refractivity contribution in [2.75, 3.05) is 17.3 Å². The summed E-state index contributed by atoms with van der Waals surface area (Å²) in [5.74, 6) is 0.701. The van der Waals surface area contributed by atoms with Gasteiger partial charge in [0.05, 0.1) is 6.20 Å². The lowest BCUT2D eigenvalue weighted by Gasteiger charge is -2.29. The molecule has 2 aliphatic rings. The first-order chi connectivity index (χ1) is 13.5. The number of benzene rings is 1. The fourth-order valence-corrected chi connectivity index (χ4v) is 4.06. The number of carbonyl (C=O) groups excluding carboxylic acids is 1. The van der Waals surface area contributed by atoms with Crippen molar-refractivity contribution in [2.24, 2.45) is 4.99 Å². The second-order valence-corrected chi connectivity index (χ2v) is 7.83. The van der Waals surface area contributed by atoms with Crippen LogP contribution in [0.3, 0.4) is 0 Å². The summed E-state index contributed by atoms with van der Waals surface area (Å²) < 4.78 is 0. The Balaban J connectivity index is 1.55. The van der Waals surface area contributed by atoms with Gasteiger partial charge < -0.3 is 5.32 Å². The molecule has 0 radical (unpaired) electrons. The van der Waals surface area contributed by atoms with E-state index in [1.165, 1.54) is 12.6 Å². The maximum atomic E-state index is 11.2. The molecule has 144 valence electrons.